The number of esters is 1. The molecule has 0 unspecified atom stereocenters. The van der Waals surface area contributed by atoms with Gasteiger partial charge in [0.2, 0.25) is 5.91 Å². The molecule has 6 heteroatoms. The van der Waals surface area contributed by atoms with Gasteiger partial charge in [-0.2, -0.15) is 9.78 Å². The molecule has 1 heterocycles. The van der Waals surface area contributed by atoms with Crippen molar-refractivity contribution in [1.82, 2.24) is 9.78 Å². The van der Waals surface area contributed by atoms with Crippen LogP contribution in [0, 0.1) is 13.8 Å². The molecule has 0 aliphatic rings. The van der Waals surface area contributed by atoms with Crippen molar-refractivity contribution in [2.24, 2.45) is 0 Å². The summed E-state index contributed by atoms with van der Waals surface area (Å²) in [7, 11) is 1.29. The Morgan fingerprint density at radius 2 is 2.00 bits per heavy atom. The van der Waals surface area contributed by atoms with Crippen LogP contribution in [0.25, 0.3) is 0 Å². The van der Waals surface area contributed by atoms with Gasteiger partial charge in [-0.05, 0) is 31.5 Å². The van der Waals surface area contributed by atoms with Crippen molar-refractivity contribution < 1.29 is 14.3 Å². The highest BCUT2D eigenvalue weighted by Crippen LogP contribution is 2.25. The van der Waals surface area contributed by atoms with Crippen LogP contribution < -0.4 is 5.32 Å². The van der Waals surface area contributed by atoms with Gasteiger partial charge >= 0.3 is 5.97 Å². The van der Waals surface area contributed by atoms with Crippen LogP contribution in [0.5, 0.6) is 0 Å². The Bertz CT molecular complexity index is 704. The second-order valence-electron chi connectivity index (χ2n) is 4.73. The second-order valence-corrected chi connectivity index (χ2v) is 4.73. The van der Waals surface area contributed by atoms with Crippen molar-refractivity contribution in [3.8, 4) is 0 Å². The zero-order valence-corrected chi connectivity index (χ0v) is 12.4. The van der Waals surface area contributed by atoms with E-state index in [9.17, 15) is 9.59 Å². The molecule has 2 rings (SSSR count). The predicted molar refractivity (Wildman–Crippen MR) is 79.1 cm³/mol. The molecule has 21 heavy (non-hydrogen) atoms. The van der Waals surface area contributed by atoms with E-state index in [-0.39, 0.29) is 11.5 Å². The molecule has 0 radical (unpaired) electrons. The van der Waals surface area contributed by atoms with Crippen LogP contribution in [0.3, 0.4) is 0 Å². The number of hydrogen-bond donors (Lipinski definition) is 1. The lowest BCUT2D eigenvalue weighted by Gasteiger charge is -2.10. The summed E-state index contributed by atoms with van der Waals surface area (Å²) in [6.45, 7) is 5.00. The number of methoxy groups -OCH3 is 1. The maximum absolute atomic E-state index is 11.9. The third-order valence-corrected chi connectivity index (χ3v) is 3.03. The molecule has 0 amide bonds. The van der Waals surface area contributed by atoms with E-state index in [0.29, 0.717) is 11.5 Å². The van der Waals surface area contributed by atoms with Crippen LogP contribution in [0.1, 0.15) is 33.3 Å². The van der Waals surface area contributed by atoms with E-state index in [1.165, 1.54) is 18.7 Å². The van der Waals surface area contributed by atoms with Gasteiger partial charge in [-0.25, -0.2) is 4.79 Å². The molecule has 0 spiro atoms. The summed E-state index contributed by atoms with van der Waals surface area (Å²) < 4.78 is 5.94. The van der Waals surface area contributed by atoms with E-state index >= 15 is 0 Å². The first-order chi connectivity index (χ1) is 9.93. The number of hydrogen-bond acceptors (Lipinski definition) is 5. The molecule has 0 fully saturated rings. The van der Waals surface area contributed by atoms with Crippen molar-refractivity contribution in [3.05, 3.63) is 41.1 Å². The normalized spacial score (nSPS) is 10.3. The highest BCUT2D eigenvalue weighted by molar-refractivity contribution is 5.99. The first-order valence-corrected chi connectivity index (χ1v) is 6.46. The van der Waals surface area contributed by atoms with Crippen LogP contribution in [0.15, 0.2) is 24.3 Å². The molecule has 1 N–H and O–H groups in total. The number of rotatable bonds is 3. The highest BCUT2D eigenvalue weighted by atomic mass is 16.5. The smallest absolute Gasteiger partial charge is 0.343 e. The molecule has 0 atom stereocenters. The fraction of sp³-hybridized carbons (Fsp3) is 0.267. The Labute approximate surface area is 122 Å². The molecule has 2 aromatic rings. The van der Waals surface area contributed by atoms with E-state index < -0.39 is 5.97 Å². The van der Waals surface area contributed by atoms with Crippen LogP contribution in [0.2, 0.25) is 0 Å². The average Bonchev–Trinajstić information content (AvgIpc) is 2.75. The number of anilines is 2. The maximum atomic E-state index is 11.9. The Kier molecular flexibility index (Phi) is 4.07. The standard InChI is InChI=1S/C15H17N3O3/c1-9-6-5-7-12(8-9)16-14-13(15(20)21-4)10(2)17-18(14)11(3)19/h5-8,16H,1-4H3. The zero-order valence-electron chi connectivity index (χ0n) is 12.4. The summed E-state index contributed by atoms with van der Waals surface area (Å²) in [4.78, 5) is 23.6. The Hall–Kier alpha value is -2.63. The number of ether oxygens (including phenoxy) is 1. The Morgan fingerprint density at radius 3 is 2.57 bits per heavy atom. The molecule has 110 valence electrons. The lowest BCUT2D eigenvalue weighted by atomic mass is 10.2. The summed E-state index contributed by atoms with van der Waals surface area (Å²) in [5.41, 5.74) is 2.52. The minimum Gasteiger partial charge on any atom is -0.465 e. The third-order valence-electron chi connectivity index (χ3n) is 3.03. The molecular weight excluding hydrogens is 270 g/mol. The van der Waals surface area contributed by atoms with Crippen molar-refractivity contribution >= 4 is 23.4 Å². The van der Waals surface area contributed by atoms with Gasteiger partial charge in [0, 0.05) is 12.6 Å². The first kappa shape index (κ1) is 14.8. The van der Waals surface area contributed by atoms with Gasteiger partial charge in [0.25, 0.3) is 0 Å². The van der Waals surface area contributed by atoms with Crippen molar-refractivity contribution in [2.75, 3.05) is 12.4 Å². The maximum Gasteiger partial charge on any atom is 0.343 e. The van der Waals surface area contributed by atoms with Gasteiger partial charge in [-0.15, -0.1) is 0 Å². The topological polar surface area (TPSA) is 73.2 Å². The van der Waals surface area contributed by atoms with Crippen molar-refractivity contribution in [3.63, 3.8) is 0 Å². The number of aromatic nitrogens is 2. The van der Waals surface area contributed by atoms with Crippen LogP contribution >= 0.6 is 0 Å². The lowest BCUT2D eigenvalue weighted by Crippen LogP contribution is -2.13. The van der Waals surface area contributed by atoms with E-state index in [0.717, 1.165) is 11.3 Å². The van der Waals surface area contributed by atoms with Gasteiger partial charge in [0.15, 0.2) is 5.82 Å². The average molecular weight is 287 g/mol. The highest BCUT2D eigenvalue weighted by Gasteiger charge is 2.24. The number of carbonyl (C=O) groups excluding carboxylic acids is 2. The second kappa shape index (κ2) is 5.78. The SMILES string of the molecule is COC(=O)c1c(C)nn(C(C)=O)c1Nc1cccc(C)c1. The monoisotopic (exact) mass is 287 g/mol. The quantitative estimate of drug-likeness (QED) is 0.879. The van der Waals surface area contributed by atoms with E-state index in [4.69, 9.17) is 4.74 Å². The fourth-order valence-electron chi connectivity index (χ4n) is 2.08. The summed E-state index contributed by atoms with van der Waals surface area (Å²) in [6, 6.07) is 7.60. The van der Waals surface area contributed by atoms with E-state index in [2.05, 4.69) is 10.4 Å². The number of aryl methyl sites for hydroxylation is 2. The molecule has 1 aromatic heterocycles. The summed E-state index contributed by atoms with van der Waals surface area (Å²) in [6.07, 6.45) is 0. The number of carbonyl (C=O) groups is 2. The van der Waals surface area contributed by atoms with Crippen molar-refractivity contribution in [2.45, 2.75) is 20.8 Å². The number of nitrogens with zero attached hydrogens (tertiary/aromatic N) is 2. The largest absolute Gasteiger partial charge is 0.465 e. The van der Waals surface area contributed by atoms with Gasteiger partial charge in [0.05, 0.1) is 12.8 Å². The molecule has 6 nitrogen and oxygen atoms in total. The van der Waals surface area contributed by atoms with Gasteiger partial charge in [0.1, 0.15) is 5.56 Å². The summed E-state index contributed by atoms with van der Waals surface area (Å²) in [5.74, 6) is -0.504. The molecule has 0 aliphatic heterocycles. The number of nitrogens with one attached hydrogen (secondary N) is 1. The lowest BCUT2D eigenvalue weighted by molar-refractivity contribution is 0.0601. The third kappa shape index (κ3) is 2.94. The predicted octanol–water partition coefficient (Wildman–Crippen LogP) is 2.69. The summed E-state index contributed by atoms with van der Waals surface area (Å²) >= 11 is 0. The van der Waals surface area contributed by atoms with Crippen LogP contribution in [-0.4, -0.2) is 28.8 Å². The summed E-state index contributed by atoms with van der Waals surface area (Å²) in [5, 5.41) is 7.18. The molecule has 0 aliphatic carbocycles. The van der Waals surface area contributed by atoms with E-state index in [1.807, 2.05) is 31.2 Å². The molecular formula is C15H17N3O3. The molecule has 1 aromatic carbocycles. The molecule has 0 saturated carbocycles. The van der Waals surface area contributed by atoms with Crippen molar-refractivity contribution in [1.29, 1.82) is 0 Å². The first-order valence-electron chi connectivity index (χ1n) is 6.46. The Balaban J connectivity index is 2.54. The minimum atomic E-state index is -0.532. The molecule has 0 bridgehead atoms. The van der Waals surface area contributed by atoms with Crippen LogP contribution in [-0.2, 0) is 4.74 Å². The fourth-order valence-corrected chi connectivity index (χ4v) is 2.08. The van der Waals surface area contributed by atoms with E-state index in [1.54, 1.807) is 6.92 Å². The molecule has 0 saturated heterocycles. The minimum absolute atomic E-state index is 0.259. The van der Waals surface area contributed by atoms with Crippen LogP contribution in [0.4, 0.5) is 11.5 Å². The van der Waals surface area contributed by atoms with Gasteiger partial charge < -0.3 is 10.1 Å². The zero-order chi connectivity index (χ0) is 15.6. The van der Waals surface area contributed by atoms with Gasteiger partial charge in [-0.3, -0.25) is 4.79 Å². The van der Waals surface area contributed by atoms with Gasteiger partial charge in [-0.1, -0.05) is 12.1 Å². The Morgan fingerprint density at radius 1 is 1.29 bits per heavy atom. The number of benzene rings is 1.